The van der Waals surface area contributed by atoms with Gasteiger partial charge in [0.05, 0.1) is 24.8 Å². The van der Waals surface area contributed by atoms with Crippen molar-refractivity contribution in [3.8, 4) is 32.6 Å². The molecule has 7 rings (SSSR count). The number of unbranched alkanes of at least 4 members (excludes halogenated alkanes) is 1. The van der Waals surface area contributed by atoms with Crippen molar-refractivity contribution in [3.63, 3.8) is 0 Å². The zero-order valence-electron chi connectivity index (χ0n) is 37.6. The molecular formula is C50H52F2N6O6S2. The second-order valence-corrected chi connectivity index (χ2v) is 17.4. The number of benzene rings is 5. The number of halogens is 2. The fourth-order valence-corrected chi connectivity index (χ4v) is 8.85. The molecule has 2 heterocycles. The number of nitrogens with zero attached hydrogens (tertiary/aromatic N) is 6. The first-order valence-electron chi connectivity index (χ1n) is 21.4. The fourth-order valence-electron chi connectivity index (χ4n) is 7.14. The van der Waals surface area contributed by atoms with Crippen molar-refractivity contribution in [1.29, 1.82) is 0 Å². The second kappa shape index (κ2) is 23.1. The summed E-state index contributed by atoms with van der Waals surface area (Å²) >= 11 is 2.57. The standard InChI is InChI=1S/C26H24FN3O2S.C24H28FN3O4S/c1-17-15-20(16-18(2)23(17)32-3)24-28-29-26(33-24)30(14-13-19-9-5-4-6-10-19)25(31)21-11-7-8-12-22(21)27;1-4-5-10-28(23(31)19-8-6-7-9-20(19)25)24-27-26-22(33-24)17-11-15(2)21(16(3)12-17)32-14-18(30)13-29/h4-12,15-16H,13-14H2,1-3H3;6-9,11-12,18,29-30H,4-5,10,13-14H2,1-3H3/t;18-/m.1/s1. The van der Waals surface area contributed by atoms with Gasteiger partial charge in [0.1, 0.15) is 45.9 Å². The van der Waals surface area contributed by atoms with Crippen LogP contribution in [0.25, 0.3) is 21.1 Å². The Morgan fingerprint density at radius 2 is 1.12 bits per heavy atom. The normalized spacial score (nSPS) is 11.4. The van der Waals surface area contributed by atoms with Gasteiger partial charge >= 0.3 is 0 Å². The van der Waals surface area contributed by atoms with E-state index in [9.17, 15) is 23.5 Å². The van der Waals surface area contributed by atoms with Crippen LogP contribution < -0.4 is 19.3 Å². The molecule has 0 spiro atoms. The van der Waals surface area contributed by atoms with Gasteiger partial charge in [0, 0.05) is 24.2 Å². The quantitative estimate of drug-likeness (QED) is 0.0903. The molecular weight excluding hydrogens is 883 g/mol. The van der Waals surface area contributed by atoms with E-state index in [1.54, 1.807) is 31.4 Å². The number of hydrogen-bond acceptors (Lipinski definition) is 12. The zero-order valence-corrected chi connectivity index (χ0v) is 39.3. The smallest absolute Gasteiger partial charge is 0.263 e. The van der Waals surface area contributed by atoms with Crippen molar-refractivity contribution in [3.05, 3.63) is 154 Å². The summed E-state index contributed by atoms with van der Waals surface area (Å²) < 4.78 is 39.8. The number of aromatic nitrogens is 4. The molecule has 0 fully saturated rings. The third-order valence-corrected chi connectivity index (χ3v) is 12.4. The number of aryl methyl sites for hydroxylation is 4. The predicted octanol–water partition coefficient (Wildman–Crippen LogP) is 10.00. The van der Waals surface area contributed by atoms with Gasteiger partial charge in [-0.05, 0) is 117 Å². The van der Waals surface area contributed by atoms with Crippen molar-refractivity contribution >= 4 is 44.8 Å². The summed E-state index contributed by atoms with van der Waals surface area (Å²) in [5, 5.41) is 37.8. The molecule has 12 nitrogen and oxygen atoms in total. The van der Waals surface area contributed by atoms with Crippen molar-refractivity contribution in [2.24, 2.45) is 0 Å². The average molecular weight is 935 g/mol. The molecule has 1 atom stereocenters. The van der Waals surface area contributed by atoms with Crippen LogP contribution in [0.15, 0.2) is 103 Å². The maximum Gasteiger partial charge on any atom is 0.263 e. The van der Waals surface area contributed by atoms with E-state index in [-0.39, 0.29) is 24.3 Å². The van der Waals surface area contributed by atoms with Crippen molar-refractivity contribution in [2.45, 2.75) is 60.0 Å². The molecule has 0 aliphatic rings. The van der Waals surface area contributed by atoms with Crippen LogP contribution in [0.3, 0.4) is 0 Å². The summed E-state index contributed by atoms with van der Waals surface area (Å²) in [5.74, 6) is -0.533. The highest BCUT2D eigenvalue weighted by atomic mass is 32.1. The molecule has 5 aromatic carbocycles. The topological polar surface area (TPSA) is 151 Å². The second-order valence-electron chi connectivity index (χ2n) is 15.5. The Hall–Kier alpha value is -6.46. The van der Waals surface area contributed by atoms with E-state index in [1.807, 2.05) is 89.2 Å². The van der Waals surface area contributed by atoms with Crippen molar-refractivity contribution in [2.75, 3.05) is 43.2 Å². The Balaban J connectivity index is 0.000000218. The Labute approximate surface area is 391 Å². The van der Waals surface area contributed by atoms with Gasteiger partial charge in [-0.3, -0.25) is 19.4 Å². The maximum atomic E-state index is 14.4. The fraction of sp³-hybridized carbons (Fsp3) is 0.280. The van der Waals surface area contributed by atoms with E-state index in [1.165, 1.54) is 56.7 Å². The van der Waals surface area contributed by atoms with Crippen molar-refractivity contribution in [1.82, 2.24) is 20.4 Å². The van der Waals surface area contributed by atoms with E-state index in [0.717, 1.165) is 57.5 Å². The molecule has 0 aliphatic carbocycles. The summed E-state index contributed by atoms with van der Waals surface area (Å²) in [7, 11) is 1.65. The highest BCUT2D eigenvalue weighted by molar-refractivity contribution is 7.19. The van der Waals surface area contributed by atoms with Crippen LogP contribution in [-0.2, 0) is 6.42 Å². The molecule has 0 bridgehead atoms. The summed E-state index contributed by atoms with van der Waals surface area (Å²) in [6.07, 6.45) is 1.28. The molecule has 0 saturated carbocycles. The van der Waals surface area contributed by atoms with Gasteiger partial charge in [0.25, 0.3) is 11.8 Å². The van der Waals surface area contributed by atoms with Gasteiger partial charge in [-0.2, -0.15) is 0 Å². The Kier molecular flexibility index (Phi) is 17.2. The first-order chi connectivity index (χ1) is 31.8. The van der Waals surface area contributed by atoms with Crippen LogP contribution in [0.2, 0.25) is 0 Å². The Morgan fingerprint density at radius 3 is 1.58 bits per heavy atom. The van der Waals surface area contributed by atoms with E-state index in [4.69, 9.17) is 14.6 Å². The third-order valence-electron chi connectivity index (χ3n) is 10.4. The number of rotatable bonds is 17. The molecule has 7 aromatic rings. The molecule has 2 aromatic heterocycles. The molecule has 344 valence electrons. The van der Waals surface area contributed by atoms with Gasteiger partial charge in [-0.1, -0.05) is 90.6 Å². The van der Waals surface area contributed by atoms with Crippen LogP contribution >= 0.6 is 22.7 Å². The van der Waals surface area contributed by atoms with Crippen LogP contribution in [0.4, 0.5) is 19.0 Å². The molecule has 0 unspecified atom stereocenters. The molecule has 0 aliphatic heterocycles. The SMILES string of the molecule is CCCCN(C(=O)c1ccccc1F)c1nnc(-c2cc(C)c(OC[C@H](O)CO)c(C)c2)s1.COc1c(C)cc(-c2nnc(N(CCc3ccccc3)C(=O)c3ccccc3F)s2)cc1C. The predicted molar refractivity (Wildman–Crippen MR) is 256 cm³/mol. The number of amides is 2. The number of aliphatic hydroxyl groups is 2. The molecule has 2 amide bonds. The number of methoxy groups -OCH3 is 1. The molecule has 0 saturated heterocycles. The number of ether oxygens (including phenoxy) is 2. The van der Waals surface area contributed by atoms with E-state index >= 15 is 0 Å². The largest absolute Gasteiger partial charge is 0.496 e. The minimum absolute atomic E-state index is 0.00334. The molecule has 16 heteroatoms. The van der Waals surface area contributed by atoms with Crippen LogP contribution in [0, 0.1) is 39.3 Å². The lowest BCUT2D eigenvalue weighted by molar-refractivity contribution is 0.0532. The van der Waals surface area contributed by atoms with Gasteiger partial charge in [0.2, 0.25) is 10.3 Å². The number of aliphatic hydroxyl groups excluding tert-OH is 2. The Bertz CT molecular complexity index is 2700. The van der Waals surface area contributed by atoms with Crippen molar-refractivity contribution < 1.29 is 38.1 Å². The lowest BCUT2D eigenvalue weighted by atomic mass is 10.1. The first-order valence-corrected chi connectivity index (χ1v) is 23.0. The number of anilines is 2. The zero-order chi connectivity index (χ0) is 47.3. The van der Waals surface area contributed by atoms with Gasteiger partial charge in [-0.15, -0.1) is 20.4 Å². The average Bonchev–Trinajstić information content (AvgIpc) is 4.01. The van der Waals surface area contributed by atoms with E-state index < -0.39 is 29.6 Å². The summed E-state index contributed by atoms with van der Waals surface area (Å²) in [4.78, 5) is 29.4. The maximum absolute atomic E-state index is 14.4. The summed E-state index contributed by atoms with van der Waals surface area (Å²) in [5.41, 5.74) is 6.49. The number of carbonyl (C=O) groups is 2. The lowest BCUT2D eigenvalue weighted by Gasteiger charge is -2.20. The van der Waals surface area contributed by atoms with E-state index in [0.29, 0.717) is 45.5 Å². The summed E-state index contributed by atoms with van der Waals surface area (Å²) in [6, 6.07) is 29.5. The monoisotopic (exact) mass is 934 g/mol. The van der Waals surface area contributed by atoms with Gasteiger partial charge in [-0.25, -0.2) is 8.78 Å². The minimum Gasteiger partial charge on any atom is -0.496 e. The highest BCUT2D eigenvalue weighted by Crippen LogP contribution is 2.36. The molecule has 2 N–H and O–H groups in total. The molecule has 0 radical (unpaired) electrons. The summed E-state index contributed by atoms with van der Waals surface area (Å²) in [6.45, 7) is 10.1. The minimum atomic E-state index is -0.949. The van der Waals surface area contributed by atoms with Crippen LogP contribution in [0.5, 0.6) is 11.5 Å². The van der Waals surface area contributed by atoms with E-state index in [2.05, 4.69) is 20.4 Å². The molecule has 66 heavy (non-hydrogen) atoms. The third kappa shape index (κ3) is 12.1. The highest BCUT2D eigenvalue weighted by Gasteiger charge is 2.26. The first kappa shape index (κ1) is 49.0. The van der Waals surface area contributed by atoms with Crippen LogP contribution in [-0.4, -0.2) is 81.9 Å². The number of carbonyl (C=O) groups excluding carboxylic acids is 2. The number of hydrogen-bond donors (Lipinski definition) is 2. The van der Waals surface area contributed by atoms with Gasteiger partial charge in [0.15, 0.2) is 0 Å². The van der Waals surface area contributed by atoms with Crippen LogP contribution in [0.1, 0.15) is 68.3 Å². The Morgan fingerprint density at radius 1 is 0.667 bits per heavy atom. The lowest BCUT2D eigenvalue weighted by Crippen LogP contribution is -2.33. The van der Waals surface area contributed by atoms with Gasteiger partial charge < -0.3 is 19.7 Å².